The topological polar surface area (TPSA) is 80.8 Å². The summed E-state index contributed by atoms with van der Waals surface area (Å²) in [6, 6.07) is 5.48. The van der Waals surface area contributed by atoms with Gasteiger partial charge >= 0.3 is 11.9 Å². The summed E-state index contributed by atoms with van der Waals surface area (Å²) in [5, 5.41) is 17.1. The maximum absolute atomic E-state index is 10.5. The Bertz CT molecular complexity index is 534. The number of rotatable bonds is 3. The zero-order chi connectivity index (χ0) is 16.0. The molecule has 2 rings (SSSR count). The molecule has 1 aliphatic rings. The van der Waals surface area contributed by atoms with E-state index in [-0.39, 0.29) is 11.1 Å². The molecule has 6 nitrogen and oxygen atoms in total. The summed E-state index contributed by atoms with van der Waals surface area (Å²) in [6.07, 6.45) is 0. The molecule has 0 bridgehead atoms. The average molecular weight is 293 g/mol. The lowest BCUT2D eigenvalue weighted by atomic mass is 10.1. The standard InChI is InChI=1S/C8H6O4.C7H15N2/c9-7(10)5-3-1-2-4-6(5)8(11)12;1-4-9-6-5-8(3)7(9)2/h1-4H,(H,9,10)(H,11,12);4-6H2,1-3H3/q;+1. The van der Waals surface area contributed by atoms with E-state index in [9.17, 15) is 9.59 Å². The first-order valence-electron chi connectivity index (χ1n) is 6.73. The predicted molar refractivity (Wildman–Crippen MR) is 79.3 cm³/mol. The van der Waals surface area contributed by atoms with E-state index in [0.29, 0.717) is 0 Å². The summed E-state index contributed by atoms with van der Waals surface area (Å²) in [4.78, 5) is 23.3. The van der Waals surface area contributed by atoms with E-state index in [1.807, 2.05) is 0 Å². The van der Waals surface area contributed by atoms with Crippen LogP contribution in [0.2, 0.25) is 0 Å². The molecule has 0 aromatic heterocycles. The van der Waals surface area contributed by atoms with E-state index in [0.717, 1.165) is 6.54 Å². The number of hydrogen-bond donors (Lipinski definition) is 2. The fraction of sp³-hybridized carbons (Fsp3) is 0.400. The second-order valence-corrected chi connectivity index (χ2v) is 4.70. The van der Waals surface area contributed by atoms with Gasteiger partial charge in [0.15, 0.2) is 0 Å². The van der Waals surface area contributed by atoms with E-state index in [2.05, 4.69) is 30.4 Å². The van der Waals surface area contributed by atoms with Gasteiger partial charge in [0.2, 0.25) is 5.84 Å². The van der Waals surface area contributed by atoms with Crippen molar-refractivity contribution in [3.8, 4) is 0 Å². The van der Waals surface area contributed by atoms with Crippen LogP contribution < -0.4 is 0 Å². The van der Waals surface area contributed by atoms with Crippen LogP contribution in [0.3, 0.4) is 0 Å². The highest BCUT2D eigenvalue weighted by molar-refractivity contribution is 6.01. The van der Waals surface area contributed by atoms with Crippen molar-refractivity contribution in [2.24, 2.45) is 0 Å². The summed E-state index contributed by atoms with van der Waals surface area (Å²) in [7, 11) is 2.14. The number of carboxylic acids is 2. The zero-order valence-corrected chi connectivity index (χ0v) is 12.5. The molecule has 1 aromatic rings. The highest BCUT2D eigenvalue weighted by Crippen LogP contribution is 2.07. The Kier molecular flexibility index (Phi) is 5.90. The Labute approximate surface area is 123 Å². The predicted octanol–water partition coefficient (Wildman–Crippen LogP) is 1.47. The lowest BCUT2D eigenvalue weighted by Gasteiger charge is -2.04. The number of carbonyl (C=O) groups is 2. The Balaban J connectivity index is 0.000000219. The number of likely N-dealkylation sites (N-methyl/N-ethyl adjacent to an activating group) is 2. The molecule has 1 aromatic carbocycles. The van der Waals surface area contributed by atoms with Crippen LogP contribution in [0.4, 0.5) is 0 Å². The largest absolute Gasteiger partial charge is 0.478 e. The smallest absolute Gasteiger partial charge is 0.336 e. The van der Waals surface area contributed by atoms with Gasteiger partial charge in [0.25, 0.3) is 0 Å². The number of benzene rings is 1. The summed E-state index contributed by atoms with van der Waals surface area (Å²) >= 11 is 0. The van der Waals surface area contributed by atoms with Crippen molar-refractivity contribution in [3.63, 3.8) is 0 Å². The summed E-state index contributed by atoms with van der Waals surface area (Å²) in [6.45, 7) is 7.92. The summed E-state index contributed by atoms with van der Waals surface area (Å²) in [5.74, 6) is -1.04. The molecule has 1 heterocycles. The molecule has 0 aliphatic carbocycles. The van der Waals surface area contributed by atoms with Gasteiger partial charge in [0, 0.05) is 6.92 Å². The van der Waals surface area contributed by atoms with Gasteiger partial charge in [0.1, 0.15) is 13.1 Å². The van der Waals surface area contributed by atoms with Gasteiger partial charge in [-0.3, -0.25) is 9.48 Å². The molecule has 0 fully saturated rings. The number of amidine groups is 1. The molecule has 114 valence electrons. The van der Waals surface area contributed by atoms with E-state index in [1.54, 1.807) is 0 Å². The van der Waals surface area contributed by atoms with Crippen LogP contribution in [0.1, 0.15) is 34.6 Å². The SMILES string of the molecule is CCN1CC[N+](C)=C1C.O=C(O)c1ccccc1C(=O)O. The van der Waals surface area contributed by atoms with Crippen molar-refractivity contribution < 1.29 is 24.4 Å². The second kappa shape index (κ2) is 7.42. The van der Waals surface area contributed by atoms with Gasteiger partial charge in [-0.15, -0.1) is 0 Å². The fourth-order valence-corrected chi connectivity index (χ4v) is 2.08. The van der Waals surface area contributed by atoms with Crippen LogP contribution in [0, 0.1) is 0 Å². The molecular formula is C15H21N2O4+. The number of carboxylic acid groups (broad SMARTS) is 2. The van der Waals surface area contributed by atoms with Gasteiger partial charge in [-0.25, -0.2) is 9.59 Å². The van der Waals surface area contributed by atoms with Gasteiger partial charge in [-0.1, -0.05) is 12.1 Å². The Morgan fingerprint density at radius 2 is 1.67 bits per heavy atom. The first-order chi connectivity index (χ1) is 9.88. The molecule has 0 spiro atoms. The quantitative estimate of drug-likeness (QED) is 0.825. The maximum atomic E-state index is 10.5. The van der Waals surface area contributed by atoms with E-state index in [4.69, 9.17) is 10.2 Å². The Morgan fingerprint density at radius 3 is 1.90 bits per heavy atom. The molecule has 1 aliphatic heterocycles. The van der Waals surface area contributed by atoms with E-state index >= 15 is 0 Å². The van der Waals surface area contributed by atoms with Crippen molar-refractivity contribution in [3.05, 3.63) is 35.4 Å². The van der Waals surface area contributed by atoms with Gasteiger partial charge < -0.3 is 10.2 Å². The molecule has 2 N–H and O–H groups in total. The third-order valence-electron chi connectivity index (χ3n) is 3.49. The zero-order valence-electron chi connectivity index (χ0n) is 12.5. The molecular weight excluding hydrogens is 272 g/mol. The molecule has 0 saturated carbocycles. The van der Waals surface area contributed by atoms with Gasteiger partial charge in [-0.05, 0) is 19.1 Å². The van der Waals surface area contributed by atoms with Gasteiger partial charge in [-0.2, -0.15) is 0 Å². The molecule has 21 heavy (non-hydrogen) atoms. The molecule has 0 saturated heterocycles. The van der Waals surface area contributed by atoms with Crippen LogP contribution in [-0.2, 0) is 0 Å². The normalized spacial score (nSPS) is 13.8. The monoisotopic (exact) mass is 293 g/mol. The molecule has 0 unspecified atom stereocenters. The molecule has 6 heteroatoms. The van der Waals surface area contributed by atoms with Crippen molar-refractivity contribution in [2.75, 3.05) is 26.7 Å². The van der Waals surface area contributed by atoms with E-state index in [1.165, 1.54) is 43.2 Å². The Hall–Kier alpha value is -2.37. The molecule has 0 radical (unpaired) electrons. The van der Waals surface area contributed by atoms with E-state index < -0.39 is 11.9 Å². The first-order valence-corrected chi connectivity index (χ1v) is 6.73. The number of nitrogens with zero attached hydrogens (tertiary/aromatic N) is 2. The first kappa shape index (κ1) is 16.7. The minimum absolute atomic E-state index is 0.190. The minimum Gasteiger partial charge on any atom is -0.478 e. The summed E-state index contributed by atoms with van der Waals surface area (Å²) in [5.41, 5.74) is -0.380. The van der Waals surface area contributed by atoms with Crippen LogP contribution in [-0.4, -0.2) is 64.1 Å². The second-order valence-electron chi connectivity index (χ2n) is 4.70. The third kappa shape index (κ3) is 4.30. The average Bonchev–Trinajstić information content (AvgIpc) is 2.79. The van der Waals surface area contributed by atoms with Crippen molar-refractivity contribution in [2.45, 2.75) is 13.8 Å². The highest BCUT2D eigenvalue weighted by Gasteiger charge is 2.21. The third-order valence-corrected chi connectivity index (χ3v) is 3.49. The lowest BCUT2D eigenvalue weighted by Crippen LogP contribution is -2.25. The summed E-state index contributed by atoms with van der Waals surface area (Å²) < 4.78 is 2.30. The molecule has 0 atom stereocenters. The van der Waals surface area contributed by atoms with Crippen LogP contribution in [0.15, 0.2) is 24.3 Å². The molecule has 0 amide bonds. The minimum atomic E-state index is -1.23. The van der Waals surface area contributed by atoms with Crippen molar-refractivity contribution in [1.82, 2.24) is 4.90 Å². The number of aromatic carboxylic acids is 2. The van der Waals surface area contributed by atoms with Crippen molar-refractivity contribution in [1.29, 1.82) is 0 Å². The van der Waals surface area contributed by atoms with Gasteiger partial charge in [0.05, 0.1) is 24.7 Å². The maximum Gasteiger partial charge on any atom is 0.336 e. The lowest BCUT2D eigenvalue weighted by molar-refractivity contribution is -0.487. The fourth-order valence-electron chi connectivity index (χ4n) is 2.08. The highest BCUT2D eigenvalue weighted by atomic mass is 16.4. The Morgan fingerprint density at radius 1 is 1.19 bits per heavy atom. The van der Waals surface area contributed by atoms with Crippen molar-refractivity contribution >= 4 is 17.8 Å². The number of hydrogen-bond acceptors (Lipinski definition) is 3. The van der Waals surface area contributed by atoms with Crippen LogP contribution in [0.25, 0.3) is 0 Å². The van der Waals surface area contributed by atoms with Crippen LogP contribution >= 0.6 is 0 Å². The van der Waals surface area contributed by atoms with Crippen LogP contribution in [0.5, 0.6) is 0 Å².